The van der Waals surface area contributed by atoms with Crippen molar-refractivity contribution in [1.82, 2.24) is 9.78 Å². The van der Waals surface area contributed by atoms with Gasteiger partial charge in [0.15, 0.2) is 0 Å². The molecular formula is C11H22N2. The van der Waals surface area contributed by atoms with Gasteiger partial charge in [0, 0.05) is 12.7 Å². The summed E-state index contributed by atoms with van der Waals surface area (Å²) in [5.41, 5.74) is 1.19. The van der Waals surface area contributed by atoms with Crippen LogP contribution in [0.3, 0.4) is 0 Å². The van der Waals surface area contributed by atoms with Gasteiger partial charge in [0.25, 0.3) is 0 Å². The molecule has 0 N–H and O–H groups in total. The molecule has 76 valence electrons. The molecule has 0 atom stereocenters. The molecule has 0 aliphatic carbocycles. The van der Waals surface area contributed by atoms with Crippen LogP contribution in [-0.2, 0) is 13.0 Å². The lowest BCUT2D eigenvalue weighted by Gasteiger charge is -1.94. The number of rotatable bonds is 3. The van der Waals surface area contributed by atoms with Gasteiger partial charge < -0.3 is 0 Å². The van der Waals surface area contributed by atoms with E-state index in [1.807, 2.05) is 10.9 Å². The van der Waals surface area contributed by atoms with E-state index in [-0.39, 0.29) is 0 Å². The van der Waals surface area contributed by atoms with E-state index in [0.29, 0.717) is 0 Å². The summed E-state index contributed by atoms with van der Waals surface area (Å²) in [4.78, 5) is 0. The lowest BCUT2D eigenvalue weighted by molar-refractivity contribution is 0.595. The molecule has 1 aromatic heterocycles. The van der Waals surface area contributed by atoms with Gasteiger partial charge in [-0.1, -0.05) is 34.1 Å². The Labute approximate surface area is 82.0 Å². The minimum Gasteiger partial charge on any atom is -0.273 e. The Balaban J connectivity index is 0.000000424. The topological polar surface area (TPSA) is 17.8 Å². The van der Waals surface area contributed by atoms with Crippen molar-refractivity contribution in [3.8, 4) is 0 Å². The van der Waals surface area contributed by atoms with Crippen molar-refractivity contribution < 1.29 is 0 Å². The molecule has 2 nitrogen and oxygen atoms in total. The van der Waals surface area contributed by atoms with Gasteiger partial charge in [0.05, 0.1) is 5.69 Å². The average Bonchev–Trinajstić information content (AvgIpc) is 2.54. The fraction of sp³-hybridized carbons (Fsp3) is 0.727. The van der Waals surface area contributed by atoms with Gasteiger partial charge in [-0.3, -0.25) is 4.68 Å². The summed E-state index contributed by atoms with van der Waals surface area (Å²) in [6.45, 7) is 9.58. The molecule has 0 unspecified atom stereocenters. The molecule has 0 bridgehead atoms. The van der Waals surface area contributed by atoms with Crippen LogP contribution in [0.25, 0.3) is 0 Å². The molecule has 13 heavy (non-hydrogen) atoms. The van der Waals surface area contributed by atoms with Crippen molar-refractivity contribution in [3.05, 3.63) is 18.0 Å². The van der Waals surface area contributed by atoms with E-state index in [1.54, 1.807) is 0 Å². The average molecular weight is 182 g/mol. The molecule has 1 aromatic rings. The Morgan fingerprint density at radius 3 is 2.23 bits per heavy atom. The Bertz CT molecular complexity index is 204. The lowest BCUT2D eigenvalue weighted by atomic mass is 10.4. The summed E-state index contributed by atoms with van der Waals surface area (Å²) in [7, 11) is 0. The van der Waals surface area contributed by atoms with Crippen LogP contribution in [-0.4, -0.2) is 9.78 Å². The van der Waals surface area contributed by atoms with Gasteiger partial charge in [0.1, 0.15) is 0 Å². The zero-order valence-electron chi connectivity index (χ0n) is 9.38. The Kier molecular flexibility index (Phi) is 7.36. The third-order valence-electron chi connectivity index (χ3n) is 1.51. The van der Waals surface area contributed by atoms with Crippen LogP contribution in [0.5, 0.6) is 0 Å². The van der Waals surface area contributed by atoms with Gasteiger partial charge in [-0.25, -0.2) is 0 Å². The minimum atomic E-state index is 1.04. The van der Waals surface area contributed by atoms with Crippen molar-refractivity contribution in [2.45, 2.75) is 53.5 Å². The monoisotopic (exact) mass is 182 g/mol. The molecule has 0 saturated heterocycles. The summed E-state index contributed by atoms with van der Waals surface area (Å²) in [5.74, 6) is 0. The first-order valence-corrected chi connectivity index (χ1v) is 5.30. The third-order valence-corrected chi connectivity index (χ3v) is 1.51. The SMILES string of the molecule is CCC.CCCn1ccc(CC)n1. The predicted molar refractivity (Wildman–Crippen MR) is 57.9 cm³/mol. The molecule has 0 fully saturated rings. The molecule has 0 aromatic carbocycles. The van der Waals surface area contributed by atoms with E-state index in [0.717, 1.165) is 19.4 Å². The standard InChI is InChI=1S/C8H14N2.C3H8/c1-3-6-10-7-5-8(4-2)9-10;1-3-2/h5,7H,3-4,6H2,1-2H3;3H2,1-2H3. The van der Waals surface area contributed by atoms with E-state index in [1.165, 1.54) is 12.1 Å². The number of nitrogens with zero attached hydrogens (tertiary/aromatic N) is 2. The van der Waals surface area contributed by atoms with Gasteiger partial charge >= 0.3 is 0 Å². The first kappa shape index (κ1) is 12.2. The zero-order chi connectivity index (χ0) is 10.1. The highest BCUT2D eigenvalue weighted by molar-refractivity contribution is 4.97. The van der Waals surface area contributed by atoms with Crippen LogP contribution >= 0.6 is 0 Å². The van der Waals surface area contributed by atoms with E-state index in [2.05, 4.69) is 38.9 Å². The summed E-state index contributed by atoms with van der Waals surface area (Å²) in [6, 6.07) is 2.08. The van der Waals surface area contributed by atoms with Crippen LogP contribution in [0.1, 0.15) is 46.2 Å². The van der Waals surface area contributed by atoms with E-state index in [9.17, 15) is 0 Å². The molecule has 0 aliphatic heterocycles. The fourth-order valence-corrected chi connectivity index (χ4v) is 0.946. The molecule has 0 aliphatic rings. The lowest BCUT2D eigenvalue weighted by Crippen LogP contribution is -1.97. The molecule has 1 heterocycles. The largest absolute Gasteiger partial charge is 0.273 e. The van der Waals surface area contributed by atoms with Crippen molar-refractivity contribution >= 4 is 0 Å². The van der Waals surface area contributed by atoms with Crippen LogP contribution in [0.15, 0.2) is 12.3 Å². The second-order valence-corrected chi connectivity index (χ2v) is 3.13. The second kappa shape index (κ2) is 7.84. The van der Waals surface area contributed by atoms with Gasteiger partial charge in [0.2, 0.25) is 0 Å². The zero-order valence-corrected chi connectivity index (χ0v) is 9.38. The highest BCUT2D eigenvalue weighted by Gasteiger charge is 1.92. The summed E-state index contributed by atoms with van der Waals surface area (Å²) < 4.78 is 2.00. The maximum absolute atomic E-state index is 4.34. The van der Waals surface area contributed by atoms with Crippen LogP contribution in [0.2, 0.25) is 0 Å². The van der Waals surface area contributed by atoms with Crippen LogP contribution < -0.4 is 0 Å². The first-order valence-electron chi connectivity index (χ1n) is 5.30. The van der Waals surface area contributed by atoms with Crippen LogP contribution in [0.4, 0.5) is 0 Å². The number of hydrogen-bond donors (Lipinski definition) is 0. The first-order chi connectivity index (χ1) is 6.28. The summed E-state index contributed by atoms with van der Waals surface area (Å²) in [5, 5.41) is 4.34. The number of hydrogen-bond acceptors (Lipinski definition) is 1. The van der Waals surface area contributed by atoms with Gasteiger partial charge in [-0.2, -0.15) is 5.10 Å². The molecule has 0 radical (unpaired) electrons. The Morgan fingerprint density at radius 2 is 1.85 bits per heavy atom. The van der Waals surface area contributed by atoms with E-state index in [4.69, 9.17) is 0 Å². The maximum atomic E-state index is 4.34. The number of aryl methyl sites for hydroxylation is 2. The highest BCUT2D eigenvalue weighted by Crippen LogP contribution is 1.96. The van der Waals surface area contributed by atoms with Crippen LogP contribution in [0, 0.1) is 0 Å². The number of aromatic nitrogens is 2. The molecule has 0 amide bonds. The van der Waals surface area contributed by atoms with E-state index < -0.39 is 0 Å². The van der Waals surface area contributed by atoms with Crippen molar-refractivity contribution in [2.24, 2.45) is 0 Å². The second-order valence-electron chi connectivity index (χ2n) is 3.13. The van der Waals surface area contributed by atoms with Crippen molar-refractivity contribution in [2.75, 3.05) is 0 Å². The Hall–Kier alpha value is -0.790. The maximum Gasteiger partial charge on any atom is 0.0621 e. The highest BCUT2D eigenvalue weighted by atomic mass is 15.3. The summed E-state index contributed by atoms with van der Waals surface area (Å²) >= 11 is 0. The third kappa shape index (κ3) is 5.45. The fourth-order valence-electron chi connectivity index (χ4n) is 0.946. The van der Waals surface area contributed by atoms with Gasteiger partial charge in [-0.15, -0.1) is 0 Å². The minimum absolute atomic E-state index is 1.04. The predicted octanol–water partition coefficient (Wildman–Crippen LogP) is 3.27. The quantitative estimate of drug-likeness (QED) is 0.701. The molecule has 0 spiro atoms. The summed E-state index contributed by atoms with van der Waals surface area (Å²) in [6.07, 6.45) is 5.49. The van der Waals surface area contributed by atoms with Gasteiger partial charge in [-0.05, 0) is 18.9 Å². The molecule has 2 heteroatoms. The normalized spacial score (nSPS) is 9.23. The van der Waals surface area contributed by atoms with Crippen molar-refractivity contribution in [3.63, 3.8) is 0 Å². The Morgan fingerprint density at radius 1 is 1.23 bits per heavy atom. The molecular weight excluding hydrogens is 160 g/mol. The van der Waals surface area contributed by atoms with Crippen molar-refractivity contribution in [1.29, 1.82) is 0 Å². The molecule has 1 rings (SSSR count). The molecule has 0 saturated carbocycles. The smallest absolute Gasteiger partial charge is 0.0621 e. The van der Waals surface area contributed by atoms with E-state index >= 15 is 0 Å².